The molecule has 166 valence electrons. The topological polar surface area (TPSA) is 110 Å². The fraction of sp³-hybridized carbons (Fsp3) is 0.143. The van der Waals surface area contributed by atoms with Gasteiger partial charge >= 0.3 is 6.09 Å². The van der Waals surface area contributed by atoms with E-state index in [9.17, 15) is 17.6 Å². The first-order valence-electron chi connectivity index (χ1n) is 9.51. The van der Waals surface area contributed by atoms with Gasteiger partial charge in [-0.1, -0.05) is 12.1 Å². The van der Waals surface area contributed by atoms with E-state index in [0.717, 1.165) is 5.56 Å². The molecule has 11 heteroatoms. The molecule has 0 saturated heterocycles. The van der Waals surface area contributed by atoms with Crippen LogP contribution in [0.5, 0.6) is 17.2 Å². The molecule has 32 heavy (non-hydrogen) atoms. The van der Waals surface area contributed by atoms with Gasteiger partial charge in [-0.25, -0.2) is 13.9 Å². The third-order valence-corrected chi connectivity index (χ3v) is 5.70. The van der Waals surface area contributed by atoms with Crippen molar-refractivity contribution in [3.63, 3.8) is 0 Å². The van der Waals surface area contributed by atoms with Crippen LogP contribution in [0.15, 0.2) is 60.9 Å². The molecule has 0 atom stereocenters. The molecule has 1 aliphatic heterocycles. The van der Waals surface area contributed by atoms with Crippen molar-refractivity contribution in [1.29, 1.82) is 0 Å². The molecule has 0 spiro atoms. The number of nitrogens with one attached hydrogen (secondary N) is 2. The molecular weight excluding hydrogens is 439 g/mol. The summed E-state index contributed by atoms with van der Waals surface area (Å²) in [6.45, 7) is 0.0837. The van der Waals surface area contributed by atoms with Crippen LogP contribution < -0.4 is 18.9 Å². The molecule has 1 amide bonds. The summed E-state index contributed by atoms with van der Waals surface area (Å²) in [5.41, 5.74) is 0.633. The number of carbonyl (C=O) groups excluding carboxylic acids is 1. The summed E-state index contributed by atoms with van der Waals surface area (Å²) in [5, 5.41) is 0. The Hall–Kier alpha value is -3.70. The number of hydrogen-bond acceptors (Lipinski definition) is 6. The number of hydrogen-bond donors (Lipinski definition) is 2. The van der Waals surface area contributed by atoms with Crippen molar-refractivity contribution in [2.75, 3.05) is 11.8 Å². The smallest absolute Gasteiger partial charge is 0.415 e. The number of fused-ring (bicyclic) bond motifs is 1. The molecule has 2 N–H and O–H groups in total. The van der Waals surface area contributed by atoms with Crippen molar-refractivity contribution in [1.82, 2.24) is 14.6 Å². The van der Waals surface area contributed by atoms with E-state index in [-0.39, 0.29) is 24.3 Å². The fourth-order valence-electron chi connectivity index (χ4n) is 3.10. The van der Waals surface area contributed by atoms with Crippen molar-refractivity contribution in [2.24, 2.45) is 0 Å². The van der Waals surface area contributed by atoms with Crippen molar-refractivity contribution < 1.29 is 27.1 Å². The van der Waals surface area contributed by atoms with Crippen LogP contribution in [0, 0.1) is 5.82 Å². The summed E-state index contributed by atoms with van der Waals surface area (Å²) in [5.74, 6) is 0.600. The summed E-state index contributed by atoms with van der Waals surface area (Å²) in [6.07, 6.45) is 2.54. The minimum Gasteiger partial charge on any atom is -0.456 e. The Morgan fingerprint density at radius 3 is 2.78 bits per heavy atom. The zero-order valence-electron chi connectivity index (χ0n) is 16.9. The van der Waals surface area contributed by atoms with Crippen LogP contribution in [0.3, 0.4) is 0 Å². The van der Waals surface area contributed by atoms with Crippen LogP contribution in [-0.2, 0) is 23.3 Å². The number of aromatic nitrogens is 1. The number of benzene rings is 2. The van der Waals surface area contributed by atoms with Gasteiger partial charge in [0.1, 0.15) is 17.2 Å². The summed E-state index contributed by atoms with van der Waals surface area (Å²) in [4.78, 5) is 17.8. The molecule has 2 heterocycles. The highest BCUT2D eigenvalue weighted by atomic mass is 32.2. The van der Waals surface area contributed by atoms with Crippen molar-refractivity contribution in [3.05, 3.63) is 77.9 Å². The lowest BCUT2D eigenvalue weighted by atomic mass is 10.1. The number of halogens is 1. The van der Waals surface area contributed by atoms with E-state index < -0.39 is 22.1 Å². The molecule has 0 unspecified atom stereocenters. The lowest BCUT2D eigenvalue weighted by Gasteiger charge is -2.28. The highest BCUT2D eigenvalue weighted by Crippen LogP contribution is 2.33. The molecule has 0 saturated carbocycles. The van der Waals surface area contributed by atoms with Gasteiger partial charge in [-0.05, 0) is 30.3 Å². The Morgan fingerprint density at radius 1 is 1.19 bits per heavy atom. The molecule has 0 fully saturated rings. The van der Waals surface area contributed by atoms with Crippen molar-refractivity contribution in [2.45, 2.75) is 13.1 Å². The fourth-order valence-corrected chi connectivity index (χ4v) is 3.65. The molecule has 4 rings (SSSR count). The number of amides is 1. The summed E-state index contributed by atoms with van der Waals surface area (Å²) < 4.78 is 53.4. The first kappa shape index (κ1) is 21.5. The van der Waals surface area contributed by atoms with Gasteiger partial charge < -0.3 is 9.47 Å². The molecule has 0 radical (unpaired) electrons. The van der Waals surface area contributed by atoms with Gasteiger partial charge in [0, 0.05) is 30.4 Å². The maximum atomic E-state index is 14.8. The lowest BCUT2D eigenvalue weighted by molar-refractivity contribution is 0.134. The Morgan fingerprint density at radius 2 is 2.03 bits per heavy atom. The first-order valence-corrected chi connectivity index (χ1v) is 11.0. The monoisotopic (exact) mass is 458 g/mol. The molecule has 9 nitrogen and oxygen atoms in total. The maximum absolute atomic E-state index is 14.8. The number of rotatable bonds is 7. The van der Waals surface area contributed by atoms with Crippen LogP contribution >= 0.6 is 0 Å². The molecule has 1 aromatic heterocycles. The predicted octanol–water partition coefficient (Wildman–Crippen LogP) is 3.40. The second kappa shape index (κ2) is 8.81. The number of carbonyl (C=O) groups is 1. The van der Waals surface area contributed by atoms with Crippen LogP contribution in [0.25, 0.3) is 0 Å². The molecule has 0 bridgehead atoms. The first-order chi connectivity index (χ1) is 15.3. The minimum atomic E-state index is -3.88. The number of ether oxygens (including phenoxy) is 2. The van der Waals surface area contributed by atoms with Crippen LogP contribution in [0.4, 0.5) is 14.9 Å². The SMILES string of the molecule is CNS(=O)(=O)Nc1cccc(CN2Cc3ccc(Oc4cccnc4)cc3OC2=O)c1F. The van der Waals surface area contributed by atoms with Gasteiger partial charge in [0.2, 0.25) is 0 Å². The molecular formula is C21H19FN4O5S. The zero-order valence-corrected chi connectivity index (χ0v) is 17.7. The van der Waals surface area contributed by atoms with Gasteiger partial charge in [-0.3, -0.25) is 14.6 Å². The Balaban J connectivity index is 1.50. The second-order valence-electron chi connectivity index (χ2n) is 6.87. The highest BCUT2D eigenvalue weighted by molar-refractivity contribution is 7.90. The number of pyridine rings is 1. The average Bonchev–Trinajstić information content (AvgIpc) is 2.77. The Labute approximate surface area is 184 Å². The number of nitrogens with zero attached hydrogens (tertiary/aromatic N) is 2. The van der Waals surface area contributed by atoms with E-state index >= 15 is 0 Å². The maximum Gasteiger partial charge on any atom is 0.415 e. The van der Waals surface area contributed by atoms with E-state index in [1.54, 1.807) is 42.7 Å². The quantitative estimate of drug-likeness (QED) is 0.562. The van der Waals surface area contributed by atoms with E-state index in [1.807, 2.05) is 0 Å². The third kappa shape index (κ3) is 4.79. The Kier molecular flexibility index (Phi) is 5.93. The van der Waals surface area contributed by atoms with E-state index in [0.29, 0.717) is 17.2 Å². The van der Waals surface area contributed by atoms with Gasteiger partial charge in [0.05, 0.1) is 25.0 Å². The van der Waals surface area contributed by atoms with Crippen molar-refractivity contribution in [3.8, 4) is 17.2 Å². The van der Waals surface area contributed by atoms with E-state index in [2.05, 4.69) is 14.4 Å². The highest BCUT2D eigenvalue weighted by Gasteiger charge is 2.27. The largest absolute Gasteiger partial charge is 0.456 e. The zero-order chi connectivity index (χ0) is 22.7. The summed E-state index contributed by atoms with van der Waals surface area (Å²) in [6, 6.07) is 12.8. The Bertz CT molecular complexity index is 1250. The van der Waals surface area contributed by atoms with Gasteiger partial charge in [-0.15, -0.1) is 0 Å². The minimum absolute atomic E-state index is 0.104. The molecule has 2 aromatic carbocycles. The summed E-state index contributed by atoms with van der Waals surface area (Å²) in [7, 11) is -2.68. The second-order valence-corrected chi connectivity index (χ2v) is 8.49. The van der Waals surface area contributed by atoms with Crippen LogP contribution in [-0.4, -0.2) is 31.4 Å². The normalized spacial score (nSPS) is 13.3. The molecule has 1 aliphatic rings. The van der Waals surface area contributed by atoms with Crippen LogP contribution in [0.1, 0.15) is 11.1 Å². The van der Waals surface area contributed by atoms with Gasteiger partial charge in [0.25, 0.3) is 10.2 Å². The lowest BCUT2D eigenvalue weighted by Crippen LogP contribution is -2.36. The van der Waals surface area contributed by atoms with Crippen molar-refractivity contribution >= 4 is 22.0 Å². The third-order valence-electron chi connectivity index (χ3n) is 4.68. The predicted molar refractivity (Wildman–Crippen MR) is 114 cm³/mol. The van der Waals surface area contributed by atoms with E-state index in [1.165, 1.54) is 30.1 Å². The molecule has 3 aromatic rings. The summed E-state index contributed by atoms with van der Waals surface area (Å²) >= 11 is 0. The van der Waals surface area contributed by atoms with E-state index in [4.69, 9.17) is 9.47 Å². The standard InChI is InChI=1S/C21H19FN4O5S/c1-23-32(28,29)25-18-6-2-4-15(20(18)22)13-26-12-14-7-8-16(10-19(14)31-21(26)27)30-17-5-3-9-24-11-17/h2-11,23,25H,12-13H2,1H3. The van der Waals surface area contributed by atoms with Crippen LogP contribution in [0.2, 0.25) is 0 Å². The van der Waals surface area contributed by atoms with Gasteiger partial charge in [-0.2, -0.15) is 8.42 Å². The van der Waals surface area contributed by atoms with Gasteiger partial charge in [0.15, 0.2) is 5.82 Å². The average molecular weight is 458 g/mol. The number of anilines is 1. The molecule has 0 aliphatic carbocycles.